The van der Waals surface area contributed by atoms with Crippen LogP contribution in [0.3, 0.4) is 0 Å². The Bertz CT molecular complexity index is 179. The first-order valence-corrected chi connectivity index (χ1v) is 6.29. The average Bonchev–Trinajstić information content (AvgIpc) is 2.17. The molecule has 2 unspecified atom stereocenters. The van der Waals surface area contributed by atoms with Crippen LogP contribution in [0, 0.1) is 17.8 Å². The summed E-state index contributed by atoms with van der Waals surface area (Å²) in [5.41, 5.74) is 0. The molecular weight excluding hydrogens is 186 g/mol. The van der Waals surface area contributed by atoms with Gasteiger partial charge in [0.2, 0.25) is 0 Å². The summed E-state index contributed by atoms with van der Waals surface area (Å²) >= 11 is 0. The van der Waals surface area contributed by atoms with Gasteiger partial charge in [-0.15, -0.1) is 0 Å². The monoisotopic (exact) mass is 213 g/mol. The molecule has 0 aromatic carbocycles. The van der Waals surface area contributed by atoms with Gasteiger partial charge in [0.15, 0.2) is 0 Å². The van der Waals surface area contributed by atoms with Gasteiger partial charge >= 0.3 is 0 Å². The molecule has 0 saturated carbocycles. The van der Waals surface area contributed by atoms with E-state index in [1.165, 1.54) is 19.5 Å². The van der Waals surface area contributed by atoms with Gasteiger partial charge < -0.3 is 9.64 Å². The third-order valence-corrected chi connectivity index (χ3v) is 3.79. The van der Waals surface area contributed by atoms with E-state index in [2.05, 4.69) is 32.6 Å². The smallest absolute Gasteiger partial charge is 0.0505 e. The van der Waals surface area contributed by atoms with Gasteiger partial charge in [-0.1, -0.05) is 13.8 Å². The fourth-order valence-electron chi connectivity index (χ4n) is 2.82. The third kappa shape index (κ3) is 3.46. The van der Waals surface area contributed by atoms with E-state index in [0.717, 1.165) is 24.4 Å². The highest BCUT2D eigenvalue weighted by Gasteiger charge is 2.31. The standard InChI is InChI=1S/C13H27NO/c1-10(2)13-6-7-14(11(3)4)8-12(13)9-15-5/h10-13H,6-9H2,1-5H3. The highest BCUT2D eigenvalue weighted by atomic mass is 16.5. The van der Waals surface area contributed by atoms with E-state index in [1.807, 2.05) is 7.11 Å². The van der Waals surface area contributed by atoms with Crippen LogP contribution in [0.2, 0.25) is 0 Å². The Morgan fingerprint density at radius 2 is 1.93 bits per heavy atom. The molecule has 0 aromatic heterocycles. The number of nitrogens with zero attached hydrogens (tertiary/aromatic N) is 1. The molecule has 90 valence electrons. The van der Waals surface area contributed by atoms with E-state index in [4.69, 9.17) is 4.74 Å². The van der Waals surface area contributed by atoms with Crippen LogP contribution in [0.5, 0.6) is 0 Å². The van der Waals surface area contributed by atoms with Crippen LogP contribution in [0.25, 0.3) is 0 Å². The van der Waals surface area contributed by atoms with Crippen LogP contribution in [-0.2, 0) is 4.74 Å². The second-order valence-corrected chi connectivity index (χ2v) is 5.50. The summed E-state index contributed by atoms with van der Waals surface area (Å²) in [4.78, 5) is 2.59. The normalized spacial score (nSPS) is 29.0. The first kappa shape index (κ1) is 13.0. The molecule has 1 heterocycles. The van der Waals surface area contributed by atoms with Gasteiger partial charge in [0.25, 0.3) is 0 Å². The van der Waals surface area contributed by atoms with Crippen LogP contribution in [0.4, 0.5) is 0 Å². The van der Waals surface area contributed by atoms with Gasteiger partial charge in [-0.3, -0.25) is 0 Å². The highest BCUT2D eigenvalue weighted by molar-refractivity contribution is 4.83. The molecule has 0 radical (unpaired) electrons. The number of ether oxygens (including phenoxy) is 1. The van der Waals surface area contributed by atoms with Crippen LogP contribution in [0.1, 0.15) is 34.1 Å². The zero-order chi connectivity index (χ0) is 11.4. The minimum Gasteiger partial charge on any atom is -0.384 e. The number of likely N-dealkylation sites (tertiary alicyclic amines) is 1. The molecule has 1 fully saturated rings. The zero-order valence-corrected chi connectivity index (χ0v) is 11.0. The fourth-order valence-corrected chi connectivity index (χ4v) is 2.82. The van der Waals surface area contributed by atoms with Gasteiger partial charge in [0.1, 0.15) is 0 Å². The third-order valence-electron chi connectivity index (χ3n) is 3.79. The molecule has 1 rings (SSSR count). The van der Waals surface area contributed by atoms with Crippen molar-refractivity contribution >= 4 is 0 Å². The number of piperidine rings is 1. The molecule has 1 aliphatic rings. The lowest BCUT2D eigenvalue weighted by Gasteiger charge is -2.42. The van der Waals surface area contributed by atoms with E-state index in [9.17, 15) is 0 Å². The second kappa shape index (κ2) is 5.86. The summed E-state index contributed by atoms with van der Waals surface area (Å²) in [5.74, 6) is 2.37. The summed E-state index contributed by atoms with van der Waals surface area (Å²) in [6.45, 7) is 12.7. The molecule has 1 aliphatic heterocycles. The van der Waals surface area contributed by atoms with E-state index < -0.39 is 0 Å². The molecule has 0 spiro atoms. The van der Waals surface area contributed by atoms with Crippen molar-refractivity contribution in [2.45, 2.75) is 40.2 Å². The minimum atomic E-state index is 0.678. The topological polar surface area (TPSA) is 12.5 Å². The Kier molecular flexibility index (Phi) is 5.07. The Balaban J connectivity index is 2.56. The van der Waals surface area contributed by atoms with Gasteiger partial charge in [-0.25, -0.2) is 0 Å². The van der Waals surface area contributed by atoms with Crippen molar-refractivity contribution in [2.75, 3.05) is 26.8 Å². The number of rotatable bonds is 4. The van der Waals surface area contributed by atoms with Crippen molar-refractivity contribution in [2.24, 2.45) is 17.8 Å². The van der Waals surface area contributed by atoms with E-state index >= 15 is 0 Å². The summed E-state index contributed by atoms with van der Waals surface area (Å²) < 4.78 is 5.36. The SMILES string of the molecule is COCC1CN(C(C)C)CCC1C(C)C. The fraction of sp³-hybridized carbons (Fsp3) is 1.00. The summed E-state index contributed by atoms with van der Waals surface area (Å²) in [6.07, 6.45) is 1.34. The Labute approximate surface area is 95.0 Å². The van der Waals surface area contributed by atoms with Gasteiger partial charge in [-0.2, -0.15) is 0 Å². The van der Waals surface area contributed by atoms with Crippen molar-refractivity contribution in [1.82, 2.24) is 4.90 Å². The lowest BCUT2D eigenvalue weighted by molar-refractivity contribution is 0.0216. The predicted octanol–water partition coefficient (Wildman–Crippen LogP) is 2.64. The van der Waals surface area contributed by atoms with Crippen LogP contribution >= 0.6 is 0 Å². The van der Waals surface area contributed by atoms with Crippen molar-refractivity contribution in [1.29, 1.82) is 0 Å². The molecule has 0 aliphatic carbocycles. The maximum Gasteiger partial charge on any atom is 0.0505 e. The number of hydrogen-bond donors (Lipinski definition) is 0. The first-order chi connectivity index (χ1) is 7.06. The molecule has 2 heteroatoms. The van der Waals surface area contributed by atoms with Crippen molar-refractivity contribution < 1.29 is 4.74 Å². The van der Waals surface area contributed by atoms with Crippen molar-refractivity contribution in [3.63, 3.8) is 0 Å². The molecule has 0 N–H and O–H groups in total. The lowest BCUT2D eigenvalue weighted by atomic mass is 9.78. The molecule has 0 amide bonds. The molecule has 0 bridgehead atoms. The highest BCUT2D eigenvalue weighted by Crippen LogP contribution is 2.30. The quantitative estimate of drug-likeness (QED) is 0.712. The molecule has 2 atom stereocenters. The van der Waals surface area contributed by atoms with Crippen LogP contribution < -0.4 is 0 Å². The van der Waals surface area contributed by atoms with E-state index in [0.29, 0.717) is 6.04 Å². The Hall–Kier alpha value is -0.0800. The second-order valence-electron chi connectivity index (χ2n) is 5.50. The summed E-state index contributed by atoms with van der Waals surface area (Å²) in [7, 11) is 1.83. The van der Waals surface area contributed by atoms with E-state index in [1.54, 1.807) is 0 Å². The largest absolute Gasteiger partial charge is 0.384 e. The summed E-state index contributed by atoms with van der Waals surface area (Å²) in [6, 6.07) is 0.678. The molecule has 15 heavy (non-hydrogen) atoms. The molecule has 1 saturated heterocycles. The molecular formula is C13H27NO. The zero-order valence-electron chi connectivity index (χ0n) is 11.0. The maximum absolute atomic E-state index is 5.36. The Morgan fingerprint density at radius 1 is 1.27 bits per heavy atom. The number of methoxy groups -OCH3 is 1. The van der Waals surface area contributed by atoms with E-state index in [-0.39, 0.29) is 0 Å². The molecule has 2 nitrogen and oxygen atoms in total. The minimum absolute atomic E-state index is 0.678. The van der Waals surface area contributed by atoms with Crippen molar-refractivity contribution in [3.8, 4) is 0 Å². The van der Waals surface area contributed by atoms with Crippen LogP contribution in [0.15, 0.2) is 0 Å². The lowest BCUT2D eigenvalue weighted by Crippen LogP contribution is -2.46. The molecule has 0 aromatic rings. The maximum atomic E-state index is 5.36. The van der Waals surface area contributed by atoms with Crippen LogP contribution in [-0.4, -0.2) is 37.7 Å². The first-order valence-electron chi connectivity index (χ1n) is 6.29. The number of hydrogen-bond acceptors (Lipinski definition) is 2. The Morgan fingerprint density at radius 3 is 2.40 bits per heavy atom. The van der Waals surface area contributed by atoms with Gasteiger partial charge in [0.05, 0.1) is 6.61 Å². The average molecular weight is 213 g/mol. The van der Waals surface area contributed by atoms with Gasteiger partial charge in [-0.05, 0) is 44.6 Å². The van der Waals surface area contributed by atoms with Crippen molar-refractivity contribution in [3.05, 3.63) is 0 Å². The van der Waals surface area contributed by atoms with Gasteiger partial charge in [0, 0.05) is 19.7 Å². The predicted molar refractivity (Wildman–Crippen MR) is 65.0 cm³/mol. The summed E-state index contributed by atoms with van der Waals surface area (Å²) in [5, 5.41) is 0.